The number of nitrogens with zero attached hydrogens (tertiary/aromatic N) is 4. The van der Waals surface area contributed by atoms with E-state index in [1.165, 1.54) is 98.4 Å². The van der Waals surface area contributed by atoms with Crippen LogP contribution >= 0.6 is 0 Å². The molecule has 0 atom stereocenters. The Balaban J connectivity index is 1.27. The molecule has 1 aliphatic rings. The van der Waals surface area contributed by atoms with Gasteiger partial charge in [-0.05, 0) is 72.2 Å². The number of pyridine rings is 1. The van der Waals surface area contributed by atoms with Gasteiger partial charge in [0.2, 0.25) is 0 Å². The predicted molar refractivity (Wildman–Crippen MR) is 207 cm³/mol. The quantitative estimate of drug-likeness (QED) is 0.188. The van der Waals surface area contributed by atoms with E-state index in [2.05, 4.69) is 147 Å². The molecule has 0 saturated carbocycles. The molecule has 0 N–H and O–H groups in total. The summed E-state index contributed by atoms with van der Waals surface area (Å²) in [5.41, 5.74) is 11.0. The summed E-state index contributed by atoms with van der Waals surface area (Å²) in [6, 6.07) is 46.8. The van der Waals surface area contributed by atoms with Crippen LogP contribution in [0.3, 0.4) is 0 Å². The van der Waals surface area contributed by atoms with Gasteiger partial charge in [-0.25, -0.2) is 4.98 Å². The fraction of sp³-hybridized carbons (Fsp3) is 0.0444. The van der Waals surface area contributed by atoms with Crippen LogP contribution in [-0.4, -0.2) is 18.5 Å². The minimum absolute atomic E-state index is 0.946. The van der Waals surface area contributed by atoms with E-state index >= 15 is 0 Å². The standard InChI is InChI=1S/C45H28N4/c1-2-14-30-27(11-1)22-23-40-41(30)36-26-35-32-16-4-7-20-38(32)49-39-21-8-5-17-34(39)42(43(35)49)44(36)47(40)28-12-9-13-29(25-28)48-37-19-6-3-15-31(37)33-18-10-24-46-45(33)48/h1-8,10-11,13-26H,9,12H2. The number of hydrogen-bond acceptors (Lipinski definition) is 1. The van der Waals surface area contributed by atoms with Gasteiger partial charge in [-0.2, -0.15) is 0 Å². The molecule has 0 spiro atoms. The largest absolute Gasteiger partial charge is 0.312 e. The molecule has 0 aliphatic heterocycles. The average Bonchev–Trinajstić information content (AvgIpc) is 3.89. The van der Waals surface area contributed by atoms with Crippen molar-refractivity contribution >= 4 is 104 Å². The van der Waals surface area contributed by atoms with Crippen LogP contribution in [0.15, 0.2) is 146 Å². The second-order valence-corrected chi connectivity index (χ2v) is 13.5. The number of rotatable bonds is 2. The van der Waals surface area contributed by atoms with E-state index < -0.39 is 0 Å². The van der Waals surface area contributed by atoms with Crippen molar-refractivity contribution < 1.29 is 0 Å². The first-order valence-electron chi connectivity index (χ1n) is 17.1. The monoisotopic (exact) mass is 624 g/mol. The lowest BCUT2D eigenvalue weighted by molar-refractivity contribution is 0.969. The van der Waals surface area contributed by atoms with Crippen molar-refractivity contribution in [2.45, 2.75) is 12.8 Å². The Kier molecular flexibility index (Phi) is 4.79. The van der Waals surface area contributed by atoms with Crippen LogP contribution in [0.1, 0.15) is 12.8 Å². The van der Waals surface area contributed by atoms with Gasteiger partial charge in [-0.3, -0.25) is 4.57 Å². The molecule has 49 heavy (non-hydrogen) atoms. The number of fused-ring (bicyclic) bond motifs is 15. The highest BCUT2D eigenvalue weighted by Gasteiger charge is 2.26. The first-order chi connectivity index (χ1) is 24.3. The minimum Gasteiger partial charge on any atom is -0.312 e. The van der Waals surface area contributed by atoms with Gasteiger partial charge in [0.25, 0.3) is 0 Å². The summed E-state index contributed by atoms with van der Waals surface area (Å²) >= 11 is 0. The normalized spacial score (nSPS) is 14.2. The Labute approximate surface area is 280 Å². The molecule has 0 radical (unpaired) electrons. The van der Waals surface area contributed by atoms with Crippen molar-refractivity contribution in [3.63, 3.8) is 0 Å². The molecule has 0 bridgehead atoms. The van der Waals surface area contributed by atoms with Crippen LogP contribution in [0.2, 0.25) is 0 Å². The van der Waals surface area contributed by atoms with Crippen molar-refractivity contribution in [2.75, 3.05) is 0 Å². The van der Waals surface area contributed by atoms with Crippen LogP contribution < -0.4 is 0 Å². The van der Waals surface area contributed by atoms with Crippen molar-refractivity contribution in [2.24, 2.45) is 0 Å². The minimum atomic E-state index is 0.946. The van der Waals surface area contributed by atoms with Gasteiger partial charge >= 0.3 is 0 Å². The molecule has 0 amide bonds. The van der Waals surface area contributed by atoms with Gasteiger partial charge in [0.05, 0.1) is 33.1 Å². The fourth-order valence-corrected chi connectivity index (χ4v) is 9.13. The molecule has 4 nitrogen and oxygen atoms in total. The van der Waals surface area contributed by atoms with Crippen LogP contribution in [0.25, 0.3) is 104 Å². The zero-order valence-corrected chi connectivity index (χ0v) is 26.6. The summed E-state index contributed by atoms with van der Waals surface area (Å²) in [4.78, 5) is 4.91. The van der Waals surface area contributed by atoms with Gasteiger partial charge in [0, 0.05) is 60.7 Å². The van der Waals surface area contributed by atoms with Crippen LogP contribution in [0, 0.1) is 0 Å². The van der Waals surface area contributed by atoms with Crippen LogP contribution in [-0.2, 0) is 0 Å². The molecule has 5 heterocycles. The average molecular weight is 625 g/mol. The summed E-state index contributed by atoms with van der Waals surface area (Å²) in [6.07, 6.45) is 8.61. The van der Waals surface area contributed by atoms with E-state index in [-0.39, 0.29) is 0 Å². The lowest BCUT2D eigenvalue weighted by Crippen LogP contribution is -2.05. The molecule has 0 saturated heterocycles. The number of benzene rings is 6. The van der Waals surface area contributed by atoms with Crippen molar-refractivity contribution in [1.82, 2.24) is 18.5 Å². The maximum Gasteiger partial charge on any atom is 0.145 e. The Morgan fingerprint density at radius 1 is 0.490 bits per heavy atom. The van der Waals surface area contributed by atoms with Crippen LogP contribution in [0.4, 0.5) is 0 Å². The molecule has 6 aromatic carbocycles. The predicted octanol–water partition coefficient (Wildman–Crippen LogP) is 11.8. The first kappa shape index (κ1) is 25.7. The van der Waals surface area contributed by atoms with Gasteiger partial charge in [0.15, 0.2) is 0 Å². The third-order valence-electron chi connectivity index (χ3n) is 11.0. The van der Waals surface area contributed by atoms with E-state index in [0.717, 1.165) is 18.5 Å². The highest BCUT2D eigenvalue weighted by molar-refractivity contribution is 6.36. The zero-order valence-electron chi connectivity index (χ0n) is 26.6. The summed E-state index contributed by atoms with van der Waals surface area (Å²) in [6.45, 7) is 0. The Morgan fingerprint density at radius 3 is 2.04 bits per heavy atom. The third kappa shape index (κ3) is 3.17. The molecular weight excluding hydrogens is 597 g/mol. The van der Waals surface area contributed by atoms with E-state index in [1.54, 1.807) is 0 Å². The fourth-order valence-electron chi connectivity index (χ4n) is 9.13. The Hall–Kier alpha value is -6.39. The molecule has 5 aromatic heterocycles. The Bertz CT molecular complexity index is 3220. The summed E-state index contributed by atoms with van der Waals surface area (Å²) in [7, 11) is 0. The summed E-state index contributed by atoms with van der Waals surface area (Å²) in [5.74, 6) is 0. The third-order valence-corrected chi connectivity index (χ3v) is 11.0. The van der Waals surface area contributed by atoms with E-state index in [9.17, 15) is 0 Å². The molecule has 11 aromatic rings. The highest BCUT2D eigenvalue weighted by atomic mass is 15.1. The number of allylic oxidation sites excluding steroid dienone is 4. The SMILES string of the molecule is C1=C(n2c3ccccc3c3cccnc32)C=C(n2c3ccc4ccccc4c3c3cc4c5ccccc5n5c6ccccc6c(c32)c45)CC1. The van der Waals surface area contributed by atoms with E-state index in [0.29, 0.717) is 0 Å². The molecule has 1 aliphatic carbocycles. The number of aromatic nitrogens is 4. The molecule has 12 rings (SSSR count). The summed E-state index contributed by atoms with van der Waals surface area (Å²) < 4.78 is 7.46. The molecule has 228 valence electrons. The second-order valence-electron chi connectivity index (χ2n) is 13.5. The lowest BCUT2D eigenvalue weighted by Gasteiger charge is -2.19. The van der Waals surface area contributed by atoms with Gasteiger partial charge < -0.3 is 8.97 Å². The molecular formula is C45H28N4. The van der Waals surface area contributed by atoms with Crippen LogP contribution in [0.5, 0.6) is 0 Å². The Morgan fingerprint density at radius 2 is 1.18 bits per heavy atom. The molecule has 0 fully saturated rings. The maximum atomic E-state index is 4.91. The molecule has 0 unspecified atom stereocenters. The van der Waals surface area contributed by atoms with Crippen molar-refractivity contribution in [3.05, 3.63) is 146 Å². The lowest BCUT2D eigenvalue weighted by atomic mass is 10.0. The topological polar surface area (TPSA) is 27.2 Å². The number of para-hydroxylation sites is 3. The van der Waals surface area contributed by atoms with Crippen molar-refractivity contribution in [1.29, 1.82) is 0 Å². The van der Waals surface area contributed by atoms with E-state index in [1.807, 2.05) is 12.3 Å². The zero-order chi connectivity index (χ0) is 31.8. The smallest absolute Gasteiger partial charge is 0.145 e. The van der Waals surface area contributed by atoms with Gasteiger partial charge in [-0.15, -0.1) is 0 Å². The molecule has 4 heteroatoms. The number of hydrogen-bond donors (Lipinski definition) is 0. The maximum absolute atomic E-state index is 4.91. The van der Waals surface area contributed by atoms with Gasteiger partial charge in [-0.1, -0.05) is 91.0 Å². The highest BCUT2D eigenvalue weighted by Crippen LogP contribution is 2.48. The second kappa shape index (κ2) is 9.15. The van der Waals surface area contributed by atoms with Gasteiger partial charge in [0.1, 0.15) is 5.65 Å². The van der Waals surface area contributed by atoms with E-state index in [4.69, 9.17) is 4.98 Å². The summed E-state index contributed by atoms with van der Waals surface area (Å²) in [5, 5.41) is 12.9. The first-order valence-corrected chi connectivity index (χ1v) is 17.1. The van der Waals surface area contributed by atoms with Crippen molar-refractivity contribution in [3.8, 4) is 0 Å².